The third-order valence-electron chi connectivity index (χ3n) is 2.80. The first-order valence-corrected chi connectivity index (χ1v) is 6.70. The first kappa shape index (κ1) is 14.8. The second kappa shape index (κ2) is 6.59. The van der Waals surface area contributed by atoms with E-state index in [0.29, 0.717) is 0 Å². The van der Waals surface area contributed by atoms with Crippen molar-refractivity contribution in [3.05, 3.63) is 26.7 Å². The molecule has 1 aromatic carbocycles. The normalized spacial score (nSPS) is 12.6. The molecule has 0 aliphatic rings. The minimum Gasteiger partial charge on any atom is -0.495 e. The van der Waals surface area contributed by atoms with Gasteiger partial charge < -0.3 is 10.1 Å². The lowest BCUT2D eigenvalue weighted by atomic mass is 10.0. The van der Waals surface area contributed by atoms with Crippen LogP contribution in [-0.4, -0.2) is 20.8 Å². The number of hydrogen-bond donors (Lipinski definition) is 2. The number of halogens is 2. The molecule has 0 amide bonds. The van der Waals surface area contributed by atoms with Crippen molar-refractivity contribution in [1.82, 2.24) is 5.32 Å². The highest BCUT2D eigenvalue weighted by molar-refractivity contribution is 9.10. The van der Waals surface area contributed by atoms with Gasteiger partial charge in [-0.15, -0.1) is 0 Å². The molecule has 1 rings (SSSR count). The molecule has 1 unspecified atom stereocenters. The molecule has 3 N–H and O–H groups in total. The summed E-state index contributed by atoms with van der Waals surface area (Å²) < 4.78 is 6.40. The maximum atomic E-state index is 6.21. The van der Waals surface area contributed by atoms with Gasteiger partial charge in [0.15, 0.2) is 0 Å². The van der Waals surface area contributed by atoms with E-state index in [1.165, 1.54) is 0 Å². The fourth-order valence-corrected chi connectivity index (χ4v) is 2.61. The van der Waals surface area contributed by atoms with Gasteiger partial charge in [-0.3, -0.25) is 5.32 Å². The molecule has 17 heavy (non-hydrogen) atoms. The maximum Gasteiger partial charge on any atom is 0.142 e. The highest BCUT2D eigenvalue weighted by atomic mass is 79.9. The van der Waals surface area contributed by atoms with Gasteiger partial charge in [-0.2, -0.15) is 0 Å². The van der Waals surface area contributed by atoms with Crippen LogP contribution in [0.5, 0.6) is 5.75 Å². The van der Waals surface area contributed by atoms with Crippen molar-refractivity contribution in [3.63, 3.8) is 0 Å². The summed E-state index contributed by atoms with van der Waals surface area (Å²) in [6, 6.07) is 2.27. The maximum absolute atomic E-state index is 6.21. The molecule has 0 aliphatic heterocycles. The molecule has 0 heterocycles. The SMILES string of the molecule is CNC[NH2+]C(C)c1cc(Cl)c(C)c(Br)c1OC. The molecule has 0 spiro atoms. The van der Waals surface area contributed by atoms with Crippen LogP contribution < -0.4 is 15.4 Å². The third kappa shape index (κ3) is 3.35. The van der Waals surface area contributed by atoms with Crippen molar-refractivity contribution in [3.8, 4) is 5.75 Å². The topological polar surface area (TPSA) is 37.9 Å². The van der Waals surface area contributed by atoms with Crippen LogP contribution in [-0.2, 0) is 0 Å². The first-order chi connectivity index (χ1) is 8.02. The lowest BCUT2D eigenvalue weighted by Gasteiger charge is -2.17. The average molecular weight is 323 g/mol. The van der Waals surface area contributed by atoms with Crippen LogP contribution in [0.15, 0.2) is 10.5 Å². The van der Waals surface area contributed by atoms with Crippen LogP contribution in [0.2, 0.25) is 5.02 Å². The van der Waals surface area contributed by atoms with E-state index in [4.69, 9.17) is 16.3 Å². The van der Waals surface area contributed by atoms with Gasteiger partial charge in [-0.05, 0) is 48.5 Å². The third-order valence-corrected chi connectivity index (χ3v) is 4.15. The highest BCUT2D eigenvalue weighted by Crippen LogP contribution is 2.38. The van der Waals surface area contributed by atoms with Gasteiger partial charge in [0.2, 0.25) is 0 Å². The monoisotopic (exact) mass is 321 g/mol. The lowest BCUT2D eigenvalue weighted by Crippen LogP contribution is -2.87. The molecule has 1 aromatic rings. The van der Waals surface area contributed by atoms with Crippen LogP contribution in [0.3, 0.4) is 0 Å². The van der Waals surface area contributed by atoms with E-state index in [0.717, 1.165) is 33.0 Å². The molecular formula is C12H19BrClN2O+. The van der Waals surface area contributed by atoms with Gasteiger partial charge in [0.1, 0.15) is 18.5 Å². The van der Waals surface area contributed by atoms with Crippen molar-refractivity contribution in [2.24, 2.45) is 0 Å². The first-order valence-electron chi connectivity index (χ1n) is 5.53. The Hall–Kier alpha value is -0.290. The van der Waals surface area contributed by atoms with E-state index >= 15 is 0 Å². The average Bonchev–Trinajstić information content (AvgIpc) is 2.32. The fourth-order valence-electron chi connectivity index (χ4n) is 1.68. The molecule has 0 aliphatic carbocycles. The lowest BCUT2D eigenvalue weighted by molar-refractivity contribution is -0.696. The Morgan fingerprint density at radius 1 is 1.59 bits per heavy atom. The van der Waals surface area contributed by atoms with Crippen molar-refractivity contribution >= 4 is 27.5 Å². The largest absolute Gasteiger partial charge is 0.495 e. The van der Waals surface area contributed by atoms with Crippen LogP contribution in [0.1, 0.15) is 24.1 Å². The van der Waals surface area contributed by atoms with Crippen molar-refractivity contribution in [2.75, 3.05) is 20.8 Å². The Morgan fingerprint density at radius 3 is 2.76 bits per heavy atom. The Kier molecular flexibility index (Phi) is 5.73. The van der Waals surface area contributed by atoms with E-state index in [9.17, 15) is 0 Å². The minimum absolute atomic E-state index is 0.284. The van der Waals surface area contributed by atoms with Crippen LogP contribution in [0.4, 0.5) is 0 Å². The zero-order valence-electron chi connectivity index (χ0n) is 10.6. The summed E-state index contributed by atoms with van der Waals surface area (Å²) >= 11 is 9.75. The summed E-state index contributed by atoms with van der Waals surface area (Å²) in [6.45, 7) is 4.96. The van der Waals surface area contributed by atoms with Gasteiger partial charge >= 0.3 is 0 Å². The van der Waals surface area contributed by atoms with Crippen LogP contribution >= 0.6 is 27.5 Å². The molecule has 0 aromatic heterocycles. The molecular weight excluding hydrogens is 304 g/mol. The summed E-state index contributed by atoms with van der Waals surface area (Å²) in [4.78, 5) is 0. The van der Waals surface area contributed by atoms with Crippen molar-refractivity contribution in [2.45, 2.75) is 19.9 Å². The fraction of sp³-hybridized carbons (Fsp3) is 0.500. The van der Waals surface area contributed by atoms with Gasteiger partial charge in [0, 0.05) is 5.02 Å². The molecule has 0 bridgehead atoms. The van der Waals surface area contributed by atoms with Crippen molar-refractivity contribution in [1.29, 1.82) is 0 Å². The number of benzene rings is 1. The standard InChI is InChI=1S/C12H18BrClN2O/c1-7-10(14)5-9(8(2)16-6-15-3)12(17-4)11(7)13/h5,8,15-16H,6H2,1-4H3/p+1. The second-order valence-corrected chi connectivity index (χ2v) is 5.20. The number of methoxy groups -OCH3 is 1. The minimum atomic E-state index is 0.284. The molecule has 3 nitrogen and oxygen atoms in total. The molecule has 96 valence electrons. The predicted molar refractivity (Wildman–Crippen MR) is 74.7 cm³/mol. The van der Waals surface area contributed by atoms with E-state index < -0.39 is 0 Å². The van der Waals surface area contributed by atoms with Crippen LogP contribution in [0.25, 0.3) is 0 Å². The number of ether oxygens (including phenoxy) is 1. The summed E-state index contributed by atoms with van der Waals surface area (Å²) in [5, 5.41) is 6.06. The number of nitrogens with two attached hydrogens (primary N) is 1. The second-order valence-electron chi connectivity index (χ2n) is 4.00. The predicted octanol–water partition coefficient (Wildman–Crippen LogP) is 2.22. The van der Waals surface area contributed by atoms with E-state index in [1.807, 2.05) is 20.0 Å². The van der Waals surface area contributed by atoms with E-state index in [2.05, 4.69) is 33.5 Å². The van der Waals surface area contributed by atoms with Gasteiger partial charge in [-0.25, -0.2) is 0 Å². The number of rotatable bonds is 5. The van der Waals surface area contributed by atoms with Crippen LogP contribution in [0, 0.1) is 6.92 Å². The Balaban J connectivity index is 3.13. The zero-order valence-corrected chi connectivity index (χ0v) is 12.9. The Bertz CT molecular complexity index is 399. The summed E-state index contributed by atoms with van der Waals surface area (Å²) in [6.07, 6.45) is 0. The smallest absolute Gasteiger partial charge is 0.142 e. The van der Waals surface area contributed by atoms with Gasteiger partial charge in [-0.1, -0.05) is 11.6 Å². The molecule has 5 heteroatoms. The zero-order chi connectivity index (χ0) is 13.0. The molecule has 0 saturated carbocycles. The molecule has 0 fully saturated rings. The quantitative estimate of drug-likeness (QED) is 0.816. The van der Waals surface area contributed by atoms with E-state index in [-0.39, 0.29) is 6.04 Å². The molecule has 0 radical (unpaired) electrons. The van der Waals surface area contributed by atoms with E-state index in [1.54, 1.807) is 7.11 Å². The number of hydrogen-bond acceptors (Lipinski definition) is 2. The number of nitrogens with one attached hydrogen (secondary N) is 1. The summed E-state index contributed by atoms with van der Waals surface area (Å²) in [5.41, 5.74) is 2.11. The molecule has 1 atom stereocenters. The Labute approximate surface area is 116 Å². The molecule has 0 saturated heterocycles. The number of quaternary nitrogens is 1. The summed E-state index contributed by atoms with van der Waals surface area (Å²) in [5.74, 6) is 0.867. The Morgan fingerprint density at radius 2 is 2.24 bits per heavy atom. The summed E-state index contributed by atoms with van der Waals surface area (Å²) in [7, 11) is 3.61. The highest BCUT2D eigenvalue weighted by Gasteiger charge is 2.19. The van der Waals surface area contributed by atoms with Crippen molar-refractivity contribution < 1.29 is 10.1 Å². The van der Waals surface area contributed by atoms with Gasteiger partial charge in [0.25, 0.3) is 0 Å². The van der Waals surface area contributed by atoms with Gasteiger partial charge in [0.05, 0.1) is 17.1 Å².